The lowest BCUT2D eigenvalue weighted by molar-refractivity contribution is -0.143. The molecular formula is C32H45N3O3. The van der Waals surface area contributed by atoms with Crippen LogP contribution in [0.25, 0.3) is 0 Å². The molecular weight excluding hydrogens is 474 g/mol. The van der Waals surface area contributed by atoms with Gasteiger partial charge in [-0.25, -0.2) is 0 Å². The molecule has 0 aliphatic carbocycles. The minimum absolute atomic E-state index is 0.0502. The highest BCUT2D eigenvalue weighted by atomic mass is 16.5. The van der Waals surface area contributed by atoms with Gasteiger partial charge in [0.05, 0.1) is 11.5 Å². The number of rotatable bonds is 9. The molecule has 38 heavy (non-hydrogen) atoms. The maximum absolute atomic E-state index is 12.9. The van der Waals surface area contributed by atoms with Crippen LogP contribution in [0.4, 0.5) is 0 Å². The molecule has 1 fully saturated rings. The van der Waals surface area contributed by atoms with Crippen LogP contribution in [-0.2, 0) is 4.79 Å². The molecule has 0 saturated carbocycles. The molecule has 1 aliphatic heterocycles. The Morgan fingerprint density at radius 2 is 1.68 bits per heavy atom. The van der Waals surface area contributed by atoms with Gasteiger partial charge in [-0.2, -0.15) is 0 Å². The summed E-state index contributed by atoms with van der Waals surface area (Å²) in [6, 6.07) is 16.5. The number of amides is 1. The molecule has 2 aromatic carbocycles. The van der Waals surface area contributed by atoms with E-state index in [1.807, 2.05) is 75.9 Å². The van der Waals surface area contributed by atoms with Crippen molar-refractivity contribution in [1.82, 2.24) is 14.7 Å². The minimum Gasteiger partial charge on any atom is -0.426 e. The summed E-state index contributed by atoms with van der Waals surface area (Å²) in [5, 5.41) is 0. The van der Waals surface area contributed by atoms with Crippen molar-refractivity contribution in [2.45, 2.75) is 66.6 Å². The summed E-state index contributed by atoms with van der Waals surface area (Å²) < 4.78 is 5.76. The fraction of sp³-hybridized carbons (Fsp3) is 0.500. The molecule has 0 radical (unpaired) electrons. The van der Waals surface area contributed by atoms with Gasteiger partial charge in [-0.1, -0.05) is 30.3 Å². The highest BCUT2D eigenvalue weighted by Gasteiger charge is 2.35. The number of hydrogen-bond donors (Lipinski definition) is 0. The lowest BCUT2D eigenvalue weighted by Gasteiger charge is -2.47. The van der Waals surface area contributed by atoms with Crippen LogP contribution in [0.5, 0.6) is 5.75 Å². The second kappa shape index (κ2) is 12.7. The van der Waals surface area contributed by atoms with Gasteiger partial charge in [-0.05, 0) is 83.9 Å². The zero-order valence-electron chi connectivity index (χ0n) is 24.2. The van der Waals surface area contributed by atoms with Crippen molar-refractivity contribution in [2.75, 3.05) is 32.7 Å². The van der Waals surface area contributed by atoms with E-state index in [2.05, 4.69) is 48.4 Å². The Balaban J connectivity index is 2.01. The molecule has 1 heterocycles. The highest BCUT2D eigenvalue weighted by molar-refractivity contribution is 5.94. The third-order valence-electron chi connectivity index (χ3n) is 7.38. The number of piperazine rings is 1. The second-order valence-electron chi connectivity index (χ2n) is 11.4. The first-order valence-corrected chi connectivity index (χ1v) is 13.8. The molecule has 3 rings (SSSR count). The number of carbonyl (C=O) groups is 2. The maximum Gasteiger partial charge on any atom is 0.316 e. The van der Waals surface area contributed by atoms with Crippen molar-refractivity contribution in [3.8, 4) is 5.75 Å². The third kappa shape index (κ3) is 6.91. The molecule has 0 unspecified atom stereocenters. The fourth-order valence-corrected chi connectivity index (χ4v) is 5.09. The maximum atomic E-state index is 12.9. The molecule has 0 N–H and O–H groups in total. The first kappa shape index (κ1) is 29.6. The van der Waals surface area contributed by atoms with Gasteiger partial charge in [0.15, 0.2) is 0 Å². The molecule has 206 valence electrons. The average Bonchev–Trinajstić information content (AvgIpc) is 2.88. The van der Waals surface area contributed by atoms with Gasteiger partial charge in [0.25, 0.3) is 5.91 Å². The summed E-state index contributed by atoms with van der Waals surface area (Å²) in [5.41, 5.74) is 2.27. The minimum atomic E-state index is -0.589. The highest BCUT2D eigenvalue weighted by Crippen LogP contribution is 2.35. The quantitative estimate of drug-likeness (QED) is 0.238. The molecule has 6 nitrogen and oxygen atoms in total. The predicted molar refractivity (Wildman–Crippen MR) is 154 cm³/mol. The largest absolute Gasteiger partial charge is 0.426 e. The Morgan fingerprint density at radius 3 is 2.26 bits per heavy atom. The Bertz CT molecular complexity index is 1100. The zero-order valence-corrected chi connectivity index (χ0v) is 24.2. The topological polar surface area (TPSA) is 53.1 Å². The first-order valence-electron chi connectivity index (χ1n) is 13.8. The second-order valence-corrected chi connectivity index (χ2v) is 11.4. The number of carbonyl (C=O) groups excluding carboxylic acids is 2. The van der Waals surface area contributed by atoms with Crippen LogP contribution < -0.4 is 4.74 Å². The van der Waals surface area contributed by atoms with E-state index < -0.39 is 5.41 Å². The SMILES string of the molecule is C=CCN1C[C@@H](C)N([C@H](c2ccc(C(=O)N(CC)CC)cc2)c2cccc(OC(=O)C(C)(C)C)c2)C[C@@H]1C. The van der Waals surface area contributed by atoms with Gasteiger partial charge in [0.2, 0.25) is 0 Å². The molecule has 1 amide bonds. The number of ether oxygens (including phenoxy) is 1. The Morgan fingerprint density at radius 1 is 1.03 bits per heavy atom. The lowest BCUT2D eigenvalue weighted by atomic mass is 9.92. The van der Waals surface area contributed by atoms with Crippen LogP contribution in [-0.4, -0.2) is 71.4 Å². The van der Waals surface area contributed by atoms with Crippen LogP contribution in [0.3, 0.4) is 0 Å². The predicted octanol–water partition coefficient (Wildman–Crippen LogP) is 5.79. The van der Waals surface area contributed by atoms with Crippen LogP contribution in [0.1, 0.15) is 76.0 Å². The summed E-state index contributed by atoms with van der Waals surface area (Å²) in [6.45, 7) is 22.1. The number of esters is 1. The molecule has 1 aliphatic rings. The molecule has 3 atom stereocenters. The van der Waals surface area contributed by atoms with E-state index in [0.717, 1.165) is 30.8 Å². The van der Waals surface area contributed by atoms with Crippen molar-refractivity contribution in [1.29, 1.82) is 0 Å². The molecule has 0 aromatic heterocycles. The van der Waals surface area contributed by atoms with E-state index in [1.165, 1.54) is 0 Å². The summed E-state index contributed by atoms with van der Waals surface area (Å²) in [7, 11) is 0. The van der Waals surface area contributed by atoms with Gasteiger partial charge >= 0.3 is 5.97 Å². The zero-order chi connectivity index (χ0) is 28.0. The molecule has 0 bridgehead atoms. The van der Waals surface area contributed by atoms with E-state index in [4.69, 9.17) is 4.74 Å². The van der Waals surface area contributed by atoms with E-state index in [9.17, 15) is 9.59 Å². The van der Waals surface area contributed by atoms with Gasteiger partial charge in [0.1, 0.15) is 5.75 Å². The van der Waals surface area contributed by atoms with E-state index in [-0.39, 0.29) is 24.0 Å². The standard InChI is InChI=1S/C32H45N3O3/c1-9-19-34-21-24(5)35(22-23(34)4)29(25-15-17-26(18-16-25)30(36)33(10-2)11-3)27-13-12-14-28(20-27)38-31(37)32(6,7)8/h9,12-18,20,23-24,29H,1,10-11,19,21-22H2,2-8H3/t23-,24+,29+/m0/s1. The van der Waals surface area contributed by atoms with Crippen molar-refractivity contribution in [2.24, 2.45) is 5.41 Å². The molecule has 2 aromatic rings. The molecule has 0 spiro atoms. The van der Waals surface area contributed by atoms with Crippen molar-refractivity contribution in [3.63, 3.8) is 0 Å². The Hall–Kier alpha value is -2.96. The van der Waals surface area contributed by atoms with Crippen molar-refractivity contribution in [3.05, 3.63) is 77.9 Å². The fourth-order valence-electron chi connectivity index (χ4n) is 5.09. The number of hydrogen-bond acceptors (Lipinski definition) is 5. The van der Waals surface area contributed by atoms with Crippen LogP contribution in [0.15, 0.2) is 61.2 Å². The normalized spacial score (nSPS) is 19.6. The summed E-state index contributed by atoms with van der Waals surface area (Å²) in [4.78, 5) is 32.4. The van der Waals surface area contributed by atoms with Crippen LogP contribution >= 0.6 is 0 Å². The van der Waals surface area contributed by atoms with Gasteiger partial charge < -0.3 is 9.64 Å². The lowest BCUT2D eigenvalue weighted by Crippen LogP contribution is -2.57. The summed E-state index contributed by atoms with van der Waals surface area (Å²) >= 11 is 0. The van der Waals surface area contributed by atoms with Gasteiger partial charge in [0, 0.05) is 50.4 Å². The van der Waals surface area contributed by atoms with Crippen molar-refractivity contribution >= 4 is 11.9 Å². The summed E-state index contributed by atoms with van der Waals surface area (Å²) in [6.07, 6.45) is 1.97. The van der Waals surface area contributed by atoms with Crippen LogP contribution in [0.2, 0.25) is 0 Å². The Kier molecular flexibility index (Phi) is 9.91. The smallest absolute Gasteiger partial charge is 0.316 e. The molecule has 6 heteroatoms. The van der Waals surface area contributed by atoms with Gasteiger partial charge in [-0.15, -0.1) is 6.58 Å². The van der Waals surface area contributed by atoms with E-state index in [0.29, 0.717) is 30.4 Å². The number of nitrogens with zero attached hydrogens (tertiary/aromatic N) is 3. The average molecular weight is 520 g/mol. The van der Waals surface area contributed by atoms with Crippen molar-refractivity contribution < 1.29 is 14.3 Å². The van der Waals surface area contributed by atoms with E-state index in [1.54, 1.807) is 0 Å². The third-order valence-corrected chi connectivity index (χ3v) is 7.38. The molecule has 1 saturated heterocycles. The monoisotopic (exact) mass is 519 g/mol. The first-order chi connectivity index (χ1) is 18.0. The van der Waals surface area contributed by atoms with Gasteiger partial charge in [-0.3, -0.25) is 19.4 Å². The Labute approximate surface area is 229 Å². The van der Waals surface area contributed by atoms with Crippen LogP contribution in [0, 0.1) is 5.41 Å². The van der Waals surface area contributed by atoms with E-state index >= 15 is 0 Å². The number of benzene rings is 2. The summed E-state index contributed by atoms with van der Waals surface area (Å²) in [5.74, 6) is 0.339.